The molecule has 0 N–H and O–H groups in total. The van der Waals surface area contributed by atoms with Crippen LogP contribution in [0, 0.1) is 13.8 Å². The summed E-state index contributed by atoms with van der Waals surface area (Å²) in [6.07, 6.45) is 9.57. The molecule has 0 atom stereocenters. The van der Waals surface area contributed by atoms with Crippen LogP contribution < -0.4 is 20.4 Å². The zero-order valence-corrected chi connectivity index (χ0v) is 19.4. The zero-order valence-electron chi connectivity index (χ0n) is 19.4. The molecule has 0 aliphatic carbocycles. The molecule has 0 bridgehead atoms. The van der Waals surface area contributed by atoms with Crippen LogP contribution >= 0.6 is 0 Å². The maximum Gasteiger partial charge on any atom is 0.431 e. The third kappa shape index (κ3) is 3.18. The molecule has 0 saturated carbocycles. The number of aryl methyl sites for hydroxylation is 3. The van der Waals surface area contributed by atoms with Gasteiger partial charge >= 0.3 is 11.3 Å². The second-order valence-corrected chi connectivity index (χ2v) is 8.83. The molecule has 4 aromatic heterocycles. The minimum absolute atomic E-state index is 0.188. The number of hydrogen-bond acceptors (Lipinski definition) is 8. The number of aromatic nitrogens is 8. The zero-order chi connectivity index (χ0) is 23.4. The summed E-state index contributed by atoms with van der Waals surface area (Å²) >= 11 is 0. The van der Waals surface area contributed by atoms with Crippen LogP contribution in [0.2, 0.25) is 0 Å². The summed E-state index contributed by atoms with van der Waals surface area (Å²) in [5.41, 5.74) is 3.17. The predicted molar refractivity (Wildman–Crippen MR) is 124 cm³/mol. The summed E-state index contributed by atoms with van der Waals surface area (Å²) in [5, 5.41) is 13.4. The largest absolute Gasteiger partial charge is 0.431 e. The number of hydrogen-bond donors (Lipinski definition) is 0. The monoisotopic (exact) mass is 457 g/mol. The molecule has 0 aromatic carbocycles. The van der Waals surface area contributed by atoms with E-state index in [0.717, 1.165) is 61.1 Å². The van der Waals surface area contributed by atoms with E-state index >= 15 is 0 Å². The van der Waals surface area contributed by atoms with Crippen molar-refractivity contribution in [1.29, 1.82) is 0 Å². The van der Waals surface area contributed by atoms with Gasteiger partial charge in [0.05, 0.1) is 24.5 Å². The van der Waals surface area contributed by atoms with Gasteiger partial charge in [-0.1, -0.05) is 13.3 Å². The number of unbranched alkanes of at least 4 members (excludes halogenated alkanes) is 1. The van der Waals surface area contributed by atoms with Crippen LogP contribution in [0.5, 0.6) is 0 Å². The third-order valence-electron chi connectivity index (χ3n) is 6.43. The van der Waals surface area contributed by atoms with E-state index in [9.17, 15) is 4.79 Å². The van der Waals surface area contributed by atoms with Gasteiger partial charge in [0.25, 0.3) is 0 Å². The Balaban J connectivity index is 1.30. The smallest absolute Gasteiger partial charge is 0.336 e. The average Bonchev–Trinajstić information content (AvgIpc) is 3.52. The fourth-order valence-electron chi connectivity index (χ4n) is 4.48. The third-order valence-corrected chi connectivity index (χ3v) is 6.43. The lowest BCUT2D eigenvalue weighted by Crippen LogP contribution is -2.50. The van der Waals surface area contributed by atoms with Crippen LogP contribution in [0.15, 0.2) is 34.4 Å². The molecule has 2 aliphatic heterocycles. The molecule has 11 heteroatoms. The lowest BCUT2D eigenvalue weighted by molar-refractivity contribution is -0.679. The first kappa shape index (κ1) is 20.6. The Morgan fingerprint density at radius 1 is 1.21 bits per heavy atom. The predicted octanol–water partition coefficient (Wildman–Crippen LogP) is 0.692. The Morgan fingerprint density at radius 2 is 2.06 bits per heavy atom. The molecule has 0 amide bonds. The standard InChI is InChI=1S/C23H25N10O/c1-4-5-8-31-19-9-18(27-20(19)21(34)33-15(3)28-29-23(31)33)16-10-25-32(11-16)17-12-30(13-17)22-24-7-6-14(2)26-22/h6-7,9-11,17H,4-5,8,12-13H2,1-3H3/q+1. The molecule has 4 aromatic rings. The molecule has 1 fully saturated rings. The van der Waals surface area contributed by atoms with Crippen molar-refractivity contribution in [3.63, 3.8) is 0 Å². The van der Waals surface area contributed by atoms with Crippen LogP contribution in [0.4, 0.5) is 5.95 Å². The topological polar surface area (TPSA) is 110 Å². The molecule has 34 heavy (non-hydrogen) atoms. The van der Waals surface area contributed by atoms with Gasteiger partial charge in [0.2, 0.25) is 11.8 Å². The van der Waals surface area contributed by atoms with Gasteiger partial charge in [-0.2, -0.15) is 5.10 Å². The van der Waals surface area contributed by atoms with Gasteiger partial charge in [-0.25, -0.2) is 24.3 Å². The second-order valence-electron chi connectivity index (χ2n) is 8.83. The van der Waals surface area contributed by atoms with Gasteiger partial charge in [0.1, 0.15) is 5.69 Å². The molecule has 6 rings (SSSR count). The van der Waals surface area contributed by atoms with E-state index in [1.54, 1.807) is 17.5 Å². The van der Waals surface area contributed by atoms with Gasteiger partial charge in [0.15, 0.2) is 5.36 Å². The maximum absolute atomic E-state index is 13.2. The van der Waals surface area contributed by atoms with Crippen molar-refractivity contribution in [1.82, 2.24) is 34.3 Å². The van der Waals surface area contributed by atoms with Crippen LogP contribution in [0.1, 0.15) is 48.6 Å². The average molecular weight is 458 g/mol. The van der Waals surface area contributed by atoms with Crippen molar-refractivity contribution in [2.75, 3.05) is 18.0 Å². The van der Waals surface area contributed by atoms with E-state index in [1.807, 2.05) is 40.7 Å². The van der Waals surface area contributed by atoms with Crippen LogP contribution in [0.3, 0.4) is 0 Å². The number of nitrogens with zero attached hydrogens (tertiary/aromatic N) is 10. The summed E-state index contributed by atoms with van der Waals surface area (Å²) in [7, 11) is 0. The van der Waals surface area contributed by atoms with E-state index in [-0.39, 0.29) is 11.6 Å². The summed E-state index contributed by atoms with van der Waals surface area (Å²) in [4.78, 5) is 28.9. The number of anilines is 1. The highest BCUT2D eigenvalue weighted by Crippen LogP contribution is 2.27. The molecule has 2 aliphatic rings. The minimum Gasteiger partial charge on any atom is -0.336 e. The Bertz CT molecular complexity index is 1560. The molecular formula is C23H25N10O+. The Kier molecular flexibility index (Phi) is 4.71. The van der Waals surface area contributed by atoms with Crippen LogP contribution in [-0.4, -0.2) is 47.4 Å². The number of fused-ring (bicyclic) bond motifs is 2. The van der Waals surface area contributed by atoms with E-state index < -0.39 is 0 Å². The van der Waals surface area contributed by atoms with Gasteiger partial charge in [-0.15, -0.1) is 4.40 Å². The summed E-state index contributed by atoms with van der Waals surface area (Å²) < 4.78 is 5.56. The Labute approximate surface area is 195 Å². The first-order valence-corrected chi connectivity index (χ1v) is 11.5. The molecule has 0 radical (unpaired) electrons. The van der Waals surface area contributed by atoms with Crippen molar-refractivity contribution < 1.29 is 4.57 Å². The maximum atomic E-state index is 13.2. The summed E-state index contributed by atoms with van der Waals surface area (Å²) in [6, 6.07) is 2.13. The van der Waals surface area contributed by atoms with E-state index in [4.69, 9.17) is 4.99 Å². The molecular weight excluding hydrogens is 432 g/mol. The van der Waals surface area contributed by atoms with Gasteiger partial charge < -0.3 is 4.90 Å². The molecule has 172 valence electrons. The van der Waals surface area contributed by atoms with E-state index in [2.05, 4.69) is 37.1 Å². The number of rotatable bonds is 6. The van der Waals surface area contributed by atoms with E-state index in [0.29, 0.717) is 17.0 Å². The normalized spacial score (nSPS) is 15.4. The van der Waals surface area contributed by atoms with Crippen LogP contribution in [-0.2, 0) is 6.54 Å². The van der Waals surface area contributed by atoms with Crippen LogP contribution in [0.25, 0.3) is 17.6 Å². The molecule has 0 spiro atoms. The van der Waals surface area contributed by atoms with Gasteiger partial charge in [0, 0.05) is 54.8 Å². The summed E-state index contributed by atoms with van der Waals surface area (Å²) in [5.74, 6) is 1.88. The summed E-state index contributed by atoms with van der Waals surface area (Å²) in [6.45, 7) is 8.24. The van der Waals surface area contributed by atoms with Crippen molar-refractivity contribution >= 4 is 23.5 Å². The second kappa shape index (κ2) is 7.79. The highest BCUT2D eigenvalue weighted by molar-refractivity contribution is 5.81. The Morgan fingerprint density at radius 3 is 2.85 bits per heavy atom. The lowest BCUT2D eigenvalue weighted by atomic mass is 10.1. The van der Waals surface area contributed by atoms with Gasteiger partial charge in [-0.3, -0.25) is 4.68 Å². The Hall–Kier alpha value is -4.02. The minimum atomic E-state index is -0.188. The van der Waals surface area contributed by atoms with Crippen molar-refractivity contribution in [3.05, 3.63) is 63.1 Å². The highest BCUT2D eigenvalue weighted by Gasteiger charge is 2.32. The SMILES string of the molecule is CCCC[n+]1c2c(c(=O)n3c(C)nnc31)=NC(c1cnn(C3CN(c4nccc(C)n4)C3)c1)=C2. The van der Waals surface area contributed by atoms with Crippen molar-refractivity contribution in [2.24, 2.45) is 4.99 Å². The fourth-order valence-corrected chi connectivity index (χ4v) is 4.48. The van der Waals surface area contributed by atoms with Crippen molar-refractivity contribution in [3.8, 4) is 0 Å². The highest BCUT2D eigenvalue weighted by atomic mass is 16.1. The molecule has 1 saturated heterocycles. The molecule has 11 nitrogen and oxygen atoms in total. The van der Waals surface area contributed by atoms with Gasteiger partial charge in [-0.05, 0) is 24.5 Å². The molecule has 6 heterocycles. The first-order chi connectivity index (χ1) is 16.5. The van der Waals surface area contributed by atoms with Crippen molar-refractivity contribution in [2.45, 2.75) is 46.2 Å². The fraction of sp³-hybridized carbons (Fsp3) is 0.391. The molecule has 0 unspecified atom stereocenters. The lowest BCUT2D eigenvalue weighted by Gasteiger charge is -2.39. The quantitative estimate of drug-likeness (QED) is 0.392. The first-order valence-electron chi connectivity index (χ1n) is 11.5. The van der Waals surface area contributed by atoms with E-state index in [1.165, 1.54) is 0 Å².